The van der Waals surface area contributed by atoms with E-state index < -0.39 is 12.0 Å². The maximum absolute atomic E-state index is 11.3. The number of carboxylic acid groups (broad SMARTS) is 1. The predicted octanol–water partition coefficient (Wildman–Crippen LogP) is 3.96. The first-order valence-corrected chi connectivity index (χ1v) is 8.10. The van der Waals surface area contributed by atoms with E-state index in [0.29, 0.717) is 11.4 Å². The van der Waals surface area contributed by atoms with Crippen molar-refractivity contribution in [1.29, 1.82) is 0 Å². The van der Waals surface area contributed by atoms with Crippen molar-refractivity contribution in [3.8, 4) is 0 Å². The van der Waals surface area contributed by atoms with Crippen molar-refractivity contribution in [3.05, 3.63) is 35.9 Å². The van der Waals surface area contributed by atoms with Gasteiger partial charge in [-0.2, -0.15) is 0 Å². The quantitative estimate of drug-likeness (QED) is 0.507. The van der Waals surface area contributed by atoms with Crippen molar-refractivity contribution in [2.75, 3.05) is 0 Å². The van der Waals surface area contributed by atoms with Crippen LogP contribution in [0.4, 0.5) is 0 Å². The standard InChI is InChI=1S/C17H25NO2S/c1-2-3-4-5-9-12-16(21)18-15(17(19)20)13-14-10-7-6-8-11-14/h6-8,10-11,15H,2-5,9,12-13H2,1H3,(H,18,21)(H,19,20)/t15-/m0/s1. The summed E-state index contributed by atoms with van der Waals surface area (Å²) in [7, 11) is 0. The molecule has 0 heterocycles. The van der Waals surface area contributed by atoms with Crippen LogP contribution in [0.15, 0.2) is 30.3 Å². The minimum absolute atomic E-state index is 0.451. The van der Waals surface area contributed by atoms with Crippen molar-refractivity contribution < 1.29 is 9.90 Å². The number of benzene rings is 1. The minimum atomic E-state index is -0.854. The Kier molecular flexibility index (Phi) is 8.67. The van der Waals surface area contributed by atoms with Crippen LogP contribution in [0.5, 0.6) is 0 Å². The molecule has 0 saturated carbocycles. The van der Waals surface area contributed by atoms with Gasteiger partial charge in [0.05, 0.1) is 4.99 Å². The van der Waals surface area contributed by atoms with Crippen molar-refractivity contribution in [1.82, 2.24) is 5.32 Å². The molecule has 0 saturated heterocycles. The van der Waals surface area contributed by atoms with Gasteiger partial charge in [-0.25, -0.2) is 4.79 Å². The first-order valence-electron chi connectivity index (χ1n) is 7.69. The third-order valence-electron chi connectivity index (χ3n) is 3.42. The molecule has 3 nitrogen and oxygen atoms in total. The van der Waals surface area contributed by atoms with Crippen LogP contribution in [0.2, 0.25) is 0 Å². The maximum Gasteiger partial charge on any atom is 0.326 e. The third-order valence-corrected chi connectivity index (χ3v) is 3.75. The Morgan fingerprint density at radius 3 is 2.48 bits per heavy atom. The molecule has 1 aromatic carbocycles. The van der Waals surface area contributed by atoms with Gasteiger partial charge in [-0.1, -0.05) is 75.2 Å². The fraction of sp³-hybridized carbons (Fsp3) is 0.529. The molecular weight excluding hydrogens is 282 g/mol. The number of unbranched alkanes of at least 4 members (excludes halogenated alkanes) is 4. The number of nitrogens with one attached hydrogen (secondary N) is 1. The van der Waals surface area contributed by atoms with Crippen molar-refractivity contribution in [2.45, 2.75) is 57.9 Å². The third kappa shape index (κ3) is 7.81. The van der Waals surface area contributed by atoms with E-state index in [-0.39, 0.29) is 0 Å². The lowest BCUT2D eigenvalue weighted by Gasteiger charge is -2.16. The molecule has 0 bridgehead atoms. The fourth-order valence-corrected chi connectivity index (χ4v) is 2.49. The molecule has 0 spiro atoms. The van der Waals surface area contributed by atoms with Gasteiger partial charge in [0.15, 0.2) is 0 Å². The Bertz CT molecular complexity index is 434. The van der Waals surface area contributed by atoms with Gasteiger partial charge in [-0.15, -0.1) is 0 Å². The van der Waals surface area contributed by atoms with Crippen molar-refractivity contribution >= 4 is 23.2 Å². The molecule has 1 rings (SSSR count). The highest BCUT2D eigenvalue weighted by Gasteiger charge is 2.18. The van der Waals surface area contributed by atoms with Gasteiger partial charge in [-0.3, -0.25) is 0 Å². The molecule has 0 amide bonds. The molecule has 116 valence electrons. The lowest BCUT2D eigenvalue weighted by molar-refractivity contribution is -0.139. The van der Waals surface area contributed by atoms with Gasteiger partial charge in [0.2, 0.25) is 0 Å². The van der Waals surface area contributed by atoms with Crippen LogP contribution in [0.1, 0.15) is 51.0 Å². The Labute approximate surface area is 132 Å². The summed E-state index contributed by atoms with van der Waals surface area (Å²) in [5.41, 5.74) is 1.00. The molecular formula is C17H25NO2S. The molecule has 1 aromatic rings. The molecule has 0 aliphatic heterocycles. The van der Waals surface area contributed by atoms with E-state index >= 15 is 0 Å². The summed E-state index contributed by atoms with van der Waals surface area (Å²) in [6, 6.07) is 8.99. The topological polar surface area (TPSA) is 49.3 Å². The number of hydrogen-bond donors (Lipinski definition) is 2. The van der Waals surface area contributed by atoms with E-state index in [1.54, 1.807) is 0 Å². The lowest BCUT2D eigenvalue weighted by Crippen LogP contribution is -2.41. The maximum atomic E-state index is 11.3. The highest BCUT2D eigenvalue weighted by atomic mass is 32.1. The summed E-state index contributed by atoms with van der Waals surface area (Å²) in [6.45, 7) is 2.19. The van der Waals surface area contributed by atoms with E-state index in [1.807, 2.05) is 30.3 Å². The lowest BCUT2D eigenvalue weighted by atomic mass is 10.1. The Balaban J connectivity index is 2.36. The first kappa shape index (κ1) is 17.6. The van der Waals surface area contributed by atoms with E-state index in [2.05, 4.69) is 12.2 Å². The summed E-state index contributed by atoms with van der Waals surface area (Å²) in [5, 5.41) is 12.3. The van der Waals surface area contributed by atoms with E-state index in [0.717, 1.165) is 24.8 Å². The van der Waals surface area contributed by atoms with Crippen LogP contribution < -0.4 is 5.32 Å². The zero-order chi connectivity index (χ0) is 15.5. The molecule has 0 unspecified atom stereocenters. The van der Waals surface area contributed by atoms with Crippen LogP contribution >= 0.6 is 12.2 Å². The van der Waals surface area contributed by atoms with Crippen LogP contribution in [0.25, 0.3) is 0 Å². The van der Waals surface area contributed by atoms with Gasteiger partial charge >= 0.3 is 5.97 Å². The Morgan fingerprint density at radius 1 is 1.19 bits per heavy atom. The fourth-order valence-electron chi connectivity index (χ4n) is 2.21. The van der Waals surface area contributed by atoms with Gasteiger partial charge in [0.25, 0.3) is 0 Å². The summed E-state index contributed by atoms with van der Waals surface area (Å²) < 4.78 is 0. The molecule has 0 aliphatic rings. The normalized spacial score (nSPS) is 11.9. The molecule has 1 atom stereocenters. The van der Waals surface area contributed by atoms with Crippen molar-refractivity contribution in [3.63, 3.8) is 0 Å². The molecule has 0 radical (unpaired) electrons. The Morgan fingerprint density at radius 2 is 1.86 bits per heavy atom. The summed E-state index contributed by atoms with van der Waals surface area (Å²) in [6.07, 6.45) is 7.12. The second-order valence-electron chi connectivity index (χ2n) is 5.31. The van der Waals surface area contributed by atoms with Gasteiger partial charge in [0.1, 0.15) is 6.04 Å². The Hall–Kier alpha value is -1.42. The van der Waals surface area contributed by atoms with Crippen LogP contribution in [-0.4, -0.2) is 22.1 Å². The molecule has 4 heteroatoms. The SMILES string of the molecule is CCCCCCCC(=S)N[C@@H](Cc1ccccc1)C(=O)O. The monoisotopic (exact) mass is 307 g/mol. The zero-order valence-corrected chi connectivity index (χ0v) is 13.5. The molecule has 0 fully saturated rings. The van der Waals surface area contributed by atoms with Crippen LogP contribution in [0, 0.1) is 0 Å². The molecule has 2 N–H and O–H groups in total. The predicted molar refractivity (Wildman–Crippen MR) is 90.7 cm³/mol. The summed E-state index contributed by atoms with van der Waals surface area (Å²) >= 11 is 5.27. The van der Waals surface area contributed by atoms with E-state index in [1.165, 1.54) is 19.3 Å². The average Bonchev–Trinajstić information content (AvgIpc) is 2.47. The number of rotatable bonds is 10. The largest absolute Gasteiger partial charge is 0.480 e. The number of carboxylic acids is 1. The summed E-state index contributed by atoms with van der Waals surface area (Å²) in [5.74, 6) is -0.854. The summed E-state index contributed by atoms with van der Waals surface area (Å²) in [4.78, 5) is 12.0. The van der Waals surface area contributed by atoms with Crippen LogP contribution in [-0.2, 0) is 11.2 Å². The number of thiocarbonyl (C=S) groups is 1. The number of carbonyl (C=O) groups is 1. The van der Waals surface area contributed by atoms with Gasteiger partial charge in [0, 0.05) is 6.42 Å². The molecule has 21 heavy (non-hydrogen) atoms. The van der Waals surface area contributed by atoms with E-state index in [4.69, 9.17) is 12.2 Å². The second-order valence-corrected chi connectivity index (χ2v) is 5.81. The smallest absolute Gasteiger partial charge is 0.326 e. The molecule has 0 aromatic heterocycles. The number of aliphatic carboxylic acids is 1. The number of hydrogen-bond acceptors (Lipinski definition) is 2. The zero-order valence-electron chi connectivity index (χ0n) is 12.7. The first-order chi connectivity index (χ1) is 10.1. The molecule has 0 aliphatic carbocycles. The average molecular weight is 307 g/mol. The van der Waals surface area contributed by atoms with Gasteiger partial charge < -0.3 is 10.4 Å². The van der Waals surface area contributed by atoms with Crippen molar-refractivity contribution in [2.24, 2.45) is 0 Å². The highest BCUT2D eigenvalue weighted by molar-refractivity contribution is 7.80. The van der Waals surface area contributed by atoms with E-state index in [9.17, 15) is 9.90 Å². The van der Waals surface area contributed by atoms with Gasteiger partial charge in [-0.05, 0) is 18.4 Å². The van der Waals surface area contributed by atoms with Crippen LogP contribution in [0.3, 0.4) is 0 Å². The minimum Gasteiger partial charge on any atom is -0.480 e. The highest BCUT2D eigenvalue weighted by Crippen LogP contribution is 2.07. The second kappa shape index (κ2) is 10.3.